The number of aryl methyl sites for hydroxylation is 2. The van der Waals surface area contributed by atoms with Crippen LogP contribution in [0.5, 0.6) is 0 Å². The lowest BCUT2D eigenvalue weighted by molar-refractivity contribution is 0.411. The molecule has 0 aliphatic rings. The molecule has 0 radical (unpaired) electrons. The van der Waals surface area contributed by atoms with Gasteiger partial charge in [0.1, 0.15) is 5.76 Å². The normalized spacial score (nSPS) is 12.9. The number of furan rings is 1. The van der Waals surface area contributed by atoms with Crippen molar-refractivity contribution in [3.8, 4) is 0 Å². The monoisotopic (exact) mass is 267 g/mol. The number of hydrogen-bond acceptors (Lipinski definition) is 3. The highest BCUT2D eigenvalue weighted by atomic mass is 35.5. The Hall–Kier alpha value is -1.26. The average Bonchev–Trinajstić information content (AvgIpc) is 2.85. The van der Waals surface area contributed by atoms with Gasteiger partial charge in [-0.3, -0.25) is 4.68 Å². The second-order valence-electron chi connectivity index (χ2n) is 4.36. The highest BCUT2D eigenvalue weighted by Gasteiger charge is 2.17. The van der Waals surface area contributed by atoms with E-state index in [0.717, 1.165) is 24.4 Å². The van der Waals surface area contributed by atoms with E-state index in [2.05, 4.69) is 23.4 Å². The summed E-state index contributed by atoms with van der Waals surface area (Å²) >= 11 is 5.83. The van der Waals surface area contributed by atoms with Crippen molar-refractivity contribution < 1.29 is 4.42 Å². The molecule has 0 saturated heterocycles. The van der Waals surface area contributed by atoms with E-state index >= 15 is 0 Å². The van der Waals surface area contributed by atoms with Crippen LogP contribution in [-0.2, 0) is 13.5 Å². The zero-order valence-corrected chi connectivity index (χ0v) is 11.7. The molecule has 1 unspecified atom stereocenters. The summed E-state index contributed by atoms with van der Waals surface area (Å²) in [5.41, 5.74) is 2.20. The Morgan fingerprint density at radius 3 is 2.78 bits per heavy atom. The van der Waals surface area contributed by atoms with E-state index in [1.165, 1.54) is 5.69 Å². The van der Waals surface area contributed by atoms with Crippen molar-refractivity contribution in [2.24, 2.45) is 7.05 Å². The van der Waals surface area contributed by atoms with Gasteiger partial charge in [-0.25, -0.2) is 0 Å². The van der Waals surface area contributed by atoms with E-state index in [0.29, 0.717) is 5.22 Å². The maximum Gasteiger partial charge on any atom is 0.193 e. The summed E-state index contributed by atoms with van der Waals surface area (Å²) in [6.07, 6.45) is 0.828. The van der Waals surface area contributed by atoms with Crippen molar-refractivity contribution in [1.82, 2.24) is 15.1 Å². The van der Waals surface area contributed by atoms with Gasteiger partial charge in [-0.2, -0.15) is 5.10 Å². The molecule has 2 aromatic heterocycles. The first-order chi connectivity index (χ1) is 8.60. The lowest BCUT2D eigenvalue weighted by Gasteiger charge is -2.15. The Morgan fingerprint density at radius 2 is 2.28 bits per heavy atom. The molecule has 18 heavy (non-hydrogen) atoms. The van der Waals surface area contributed by atoms with Crippen molar-refractivity contribution in [3.05, 3.63) is 40.6 Å². The maximum atomic E-state index is 5.83. The van der Waals surface area contributed by atoms with Crippen LogP contribution in [0.15, 0.2) is 22.6 Å². The first-order valence-corrected chi connectivity index (χ1v) is 6.46. The largest absolute Gasteiger partial charge is 0.448 e. The predicted octanol–water partition coefficient (Wildman–Crippen LogP) is 2.87. The minimum Gasteiger partial charge on any atom is -0.448 e. The second kappa shape index (κ2) is 5.59. The maximum absolute atomic E-state index is 5.83. The van der Waals surface area contributed by atoms with Crippen LogP contribution in [0.1, 0.15) is 30.1 Å². The molecule has 2 rings (SSSR count). The van der Waals surface area contributed by atoms with Gasteiger partial charge in [0.05, 0.1) is 11.7 Å². The molecule has 1 N–H and O–H groups in total. The first-order valence-electron chi connectivity index (χ1n) is 6.08. The van der Waals surface area contributed by atoms with Crippen molar-refractivity contribution in [3.63, 3.8) is 0 Å². The Kier molecular flexibility index (Phi) is 4.09. The van der Waals surface area contributed by atoms with Crippen LogP contribution in [0.3, 0.4) is 0 Å². The van der Waals surface area contributed by atoms with Crippen molar-refractivity contribution in [2.75, 3.05) is 6.54 Å². The third kappa shape index (κ3) is 2.94. The molecule has 2 heterocycles. The van der Waals surface area contributed by atoms with Crippen molar-refractivity contribution in [2.45, 2.75) is 26.3 Å². The van der Waals surface area contributed by atoms with Crippen LogP contribution in [0, 0.1) is 6.92 Å². The number of likely N-dealkylation sites (N-methyl/N-ethyl adjacent to an activating group) is 1. The van der Waals surface area contributed by atoms with E-state index in [-0.39, 0.29) is 6.04 Å². The Bertz CT molecular complexity index is 518. The molecule has 0 bridgehead atoms. The number of aromatic nitrogens is 2. The zero-order valence-electron chi connectivity index (χ0n) is 10.9. The fraction of sp³-hybridized carbons (Fsp3) is 0.462. The fourth-order valence-corrected chi connectivity index (χ4v) is 2.25. The minimum absolute atomic E-state index is 0.123. The molecule has 0 aliphatic heterocycles. The van der Waals surface area contributed by atoms with Gasteiger partial charge in [0.25, 0.3) is 0 Å². The molecule has 1 atom stereocenters. The smallest absolute Gasteiger partial charge is 0.193 e. The van der Waals surface area contributed by atoms with Gasteiger partial charge in [-0.15, -0.1) is 0 Å². The molecule has 0 spiro atoms. The summed E-state index contributed by atoms with van der Waals surface area (Å²) in [7, 11) is 1.96. The molecule has 0 aliphatic carbocycles. The Morgan fingerprint density at radius 1 is 1.50 bits per heavy atom. The van der Waals surface area contributed by atoms with Gasteiger partial charge in [-0.05, 0) is 43.3 Å². The number of rotatable bonds is 5. The zero-order chi connectivity index (χ0) is 13.1. The summed E-state index contributed by atoms with van der Waals surface area (Å²) in [5, 5.41) is 8.18. The summed E-state index contributed by atoms with van der Waals surface area (Å²) in [4.78, 5) is 0. The summed E-state index contributed by atoms with van der Waals surface area (Å²) in [6.45, 7) is 4.95. The minimum atomic E-state index is 0.123. The third-order valence-corrected chi connectivity index (χ3v) is 3.10. The highest BCUT2D eigenvalue weighted by molar-refractivity contribution is 6.28. The summed E-state index contributed by atoms with van der Waals surface area (Å²) in [6, 6.07) is 5.90. The molecule has 0 saturated carbocycles. The third-order valence-electron chi connectivity index (χ3n) is 2.90. The molecule has 98 valence electrons. The predicted molar refractivity (Wildman–Crippen MR) is 71.8 cm³/mol. The van der Waals surface area contributed by atoms with E-state index < -0.39 is 0 Å². The fourth-order valence-electron chi connectivity index (χ4n) is 2.10. The molecule has 2 aromatic rings. The number of halogens is 1. The Balaban J connectivity index is 2.18. The standard InChI is InChI=1S/C13H18ClN3O/c1-4-15-11(12-5-6-13(14)18-12)8-10-7-9(2)16-17(10)3/h5-7,11,15H,4,8H2,1-3H3. The number of nitrogens with zero attached hydrogens (tertiary/aromatic N) is 2. The van der Waals surface area contributed by atoms with Gasteiger partial charge in [0.15, 0.2) is 5.22 Å². The van der Waals surface area contributed by atoms with Crippen LogP contribution >= 0.6 is 11.6 Å². The molecule has 4 nitrogen and oxygen atoms in total. The highest BCUT2D eigenvalue weighted by Crippen LogP contribution is 2.23. The number of nitrogens with one attached hydrogen (secondary N) is 1. The van der Waals surface area contributed by atoms with E-state index in [9.17, 15) is 0 Å². The molecule has 5 heteroatoms. The lowest BCUT2D eigenvalue weighted by atomic mass is 10.1. The first kappa shape index (κ1) is 13.2. The average molecular weight is 268 g/mol. The molecule has 0 fully saturated rings. The van der Waals surface area contributed by atoms with E-state index in [1.54, 1.807) is 6.07 Å². The van der Waals surface area contributed by atoms with E-state index in [4.69, 9.17) is 16.0 Å². The van der Waals surface area contributed by atoms with Crippen molar-refractivity contribution in [1.29, 1.82) is 0 Å². The van der Waals surface area contributed by atoms with Crippen LogP contribution in [0.4, 0.5) is 0 Å². The SMILES string of the molecule is CCNC(Cc1cc(C)nn1C)c1ccc(Cl)o1. The van der Waals surface area contributed by atoms with Crippen LogP contribution in [0.2, 0.25) is 5.22 Å². The number of hydrogen-bond donors (Lipinski definition) is 1. The topological polar surface area (TPSA) is 43.0 Å². The van der Waals surface area contributed by atoms with E-state index in [1.807, 2.05) is 24.7 Å². The van der Waals surface area contributed by atoms with Gasteiger partial charge < -0.3 is 9.73 Å². The van der Waals surface area contributed by atoms with Gasteiger partial charge in [-0.1, -0.05) is 6.92 Å². The Labute approximate surface area is 112 Å². The quantitative estimate of drug-likeness (QED) is 0.906. The molecule has 0 amide bonds. The van der Waals surface area contributed by atoms with Gasteiger partial charge in [0, 0.05) is 19.2 Å². The molecular weight excluding hydrogens is 250 g/mol. The van der Waals surface area contributed by atoms with Crippen molar-refractivity contribution >= 4 is 11.6 Å². The van der Waals surface area contributed by atoms with Crippen LogP contribution in [-0.4, -0.2) is 16.3 Å². The van der Waals surface area contributed by atoms with Gasteiger partial charge >= 0.3 is 0 Å². The molecule has 0 aromatic carbocycles. The van der Waals surface area contributed by atoms with Crippen LogP contribution < -0.4 is 5.32 Å². The van der Waals surface area contributed by atoms with Crippen LogP contribution in [0.25, 0.3) is 0 Å². The molecular formula is C13H18ClN3O. The second-order valence-corrected chi connectivity index (χ2v) is 4.73. The summed E-state index contributed by atoms with van der Waals surface area (Å²) in [5.74, 6) is 0.862. The lowest BCUT2D eigenvalue weighted by Crippen LogP contribution is -2.23. The summed E-state index contributed by atoms with van der Waals surface area (Å²) < 4.78 is 7.40. The van der Waals surface area contributed by atoms with Gasteiger partial charge in [0.2, 0.25) is 0 Å².